The predicted molar refractivity (Wildman–Crippen MR) is 45.1 cm³/mol. The zero-order chi connectivity index (χ0) is 10.9. The zero-order valence-electron chi connectivity index (χ0n) is 7.24. The van der Waals surface area contributed by atoms with Crippen molar-refractivity contribution >= 4 is 11.9 Å². The highest BCUT2D eigenvalue weighted by Crippen LogP contribution is 2.17. The number of hydrogen-bond acceptors (Lipinski definition) is 2. The smallest absolute Gasteiger partial charge is 0.338 e. The molecule has 74 valence electrons. The lowest BCUT2D eigenvalue weighted by Gasteiger charge is -2.04. The first-order valence-electron chi connectivity index (χ1n) is 3.71. The van der Waals surface area contributed by atoms with Crippen molar-refractivity contribution in [1.29, 1.82) is 0 Å². The SMILES string of the molecule is Cc1c(C(=O)O)ccc(C(=O)O)c1F. The monoisotopic (exact) mass is 198 g/mol. The Bertz CT molecular complexity index is 373. The summed E-state index contributed by atoms with van der Waals surface area (Å²) < 4.78 is 13.2. The third kappa shape index (κ3) is 1.56. The molecule has 0 aliphatic rings. The molecule has 0 aromatic heterocycles. The molecule has 0 bridgehead atoms. The van der Waals surface area contributed by atoms with Gasteiger partial charge in [-0.2, -0.15) is 0 Å². The Morgan fingerprint density at radius 1 is 1.14 bits per heavy atom. The molecule has 0 saturated heterocycles. The zero-order valence-corrected chi connectivity index (χ0v) is 7.24. The standard InChI is InChI=1S/C9H7FO4/c1-4-5(8(11)12)2-3-6(7(4)10)9(13)14/h2-3H,1H3,(H,11,12)(H,13,14). The molecule has 14 heavy (non-hydrogen) atoms. The van der Waals surface area contributed by atoms with Gasteiger partial charge in [-0.3, -0.25) is 0 Å². The van der Waals surface area contributed by atoms with Crippen LogP contribution in [0.15, 0.2) is 12.1 Å². The van der Waals surface area contributed by atoms with Crippen LogP contribution >= 0.6 is 0 Å². The normalized spacial score (nSPS) is 9.86. The summed E-state index contributed by atoms with van der Waals surface area (Å²) in [6.45, 7) is 1.23. The van der Waals surface area contributed by atoms with Gasteiger partial charge in [-0.1, -0.05) is 0 Å². The lowest BCUT2D eigenvalue weighted by molar-refractivity contribution is 0.0675. The van der Waals surface area contributed by atoms with Crippen LogP contribution in [0.5, 0.6) is 0 Å². The summed E-state index contributed by atoms with van der Waals surface area (Å²) >= 11 is 0. The van der Waals surface area contributed by atoms with E-state index in [-0.39, 0.29) is 11.1 Å². The minimum Gasteiger partial charge on any atom is -0.478 e. The number of carboxylic acids is 2. The van der Waals surface area contributed by atoms with Gasteiger partial charge in [0.25, 0.3) is 0 Å². The molecular weight excluding hydrogens is 191 g/mol. The summed E-state index contributed by atoms with van der Waals surface area (Å²) in [4.78, 5) is 21.0. The first-order chi connectivity index (χ1) is 6.45. The van der Waals surface area contributed by atoms with Crippen LogP contribution in [0.4, 0.5) is 4.39 Å². The molecular formula is C9H7FO4. The second-order valence-electron chi connectivity index (χ2n) is 2.71. The van der Waals surface area contributed by atoms with Gasteiger partial charge in [0.1, 0.15) is 5.82 Å². The van der Waals surface area contributed by atoms with Crippen molar-refractivity contribution in [2.75, 3.05) is 0 Å². The topological polar surface area (TPSA) is 74.6 Å². The van der Waals surface area contributed by atoms with Gasteiger partial charge < -0.3 is 10.2 Å². The van der Waals surface area contributed by atoms with E-state index in [0.717, 1.165) is 12.1 Å². The number of carboxylic acid groups (broad SMARTS) is 2. The van der Waals surface area contributed by atoms with Gasteiger partial charge >= 0.3 is 11.9 Å². The molecule has 1 aromatic carbocycles. The molecule has 0 unspecified atom stereocenters. The molecule has 4 nitrogen and oxygen atoms in total. The second kappa shape index (κ2) is 3.45. The van der Waals surface area contributed by atoms with E-state index in [1.165, 1.54) is 6.92 Å². The first-order valence-corrected chi connectivity index (χ1v) is 3.71. The van der Waals surface area contributed by atoms with Crippen LogP contribution in [0.3, 0.4) is 0 Å². The van der Waals surface area contributed by atoms with Gasteiger partial charge in [0.2, 0.25) is 0 Å². The van der Waals surface area contributed by atoms with Gasteiger partial charge in [0, 0.05) is 5.56 Å². The van der Waals surface area contributed by atoms with Crippen molar-refractivity contribution in [3.8, 4) is 0 Å². The van der Waals surface area contributed by atoms with Crippen LogP contribution in [0.1, 0.15) is 26.3 Å². The Morgan fingerprint density at radius 3 is 2.00 bits per heavy atom. The maximum absolute atomic E-state index is 13.2. The average Bonchev–Trinajstić information content (AvgIpc) is 2.08. The van der Waals surface area contributed by atoms with E-state index in [2.05, 4.69) is 0 Å². The van der Waals surface area contributed by atoms with Crippen LogP contribution in [0.25, 0.3) is 0 Å². The van der Waals surface area contributed by atoms with Crippen LogP contribution < -0.4 is 0 Å². The largest absolute Gasteiger partial charge is 0.478 e. The van der Waals surface area contributed by atoms with Crippen molar-refractivity contribution in [2.45, 2.75) is 6.92 Å². The van der Waals surface area contributed by atoms with Gasteiger partial charge in [-0.05, 0) is 19.1 Å². The minimum absolute atomic E-state index is 0.169. The Hall–Kier alpha value is -1.91. The van der Waals surface area contributed by atoms with E-state index in [4.69, 9.17) is 10.2 Å². The maximum atomic E-state index is 13.2. The highest BCUT2D eigenvalue weighted by Gasteiger charge is 2.17. The molecule has 0 aliphatic carbocycles. The Morgan fingerprint density at radius 2 is 1.57 bits per heavy atom. The van der Waals surface area contributed by atoms with Crippen molar-refractivity contribution in [2.24, 2.45) is 0 Å². The van der Waals surface area contributed by atoms with Crippen LogP contribution in [0, 0.1) is 12.7 Å². The Balaban J connectivity index is 3.41. The molecule has 0 amide bonds. The van der Waals surface area contributed by atoms with E-state index in [1.807, 2.05) is 0 Å². The fraction of sp³-hybridized carbons (Fsp3) is 0.111. The summed E-state index contributed by atoms with van der Waals surface area (Å²) in [5.74, 6) is -3.70. The molecule has 0 saturated carbocycles. The molecule has 5 heteroatoms. The number of halogens is 1. The van der Waals surface area contributed by atoms with Crippen molar-refractivity contribution in [3.05, 3.63) is 34.6 Å². The molecule has 0 aliphatic heterocycles. The summed E-state index contributed by atoms with van der Waals surface area (Å²) in [7, 11) is 0. The van der Waals surface area contributed by atoms with Gasteiger partial charge in [-0.15, -0.1) is 0 Å². The number of aromatic carboxylic acids is 2. The van der Waals surface area contributed by atoms with E-state index in [1.54, 1.807) is 0 Å². The second-order valence-corrected chi connectivity index (χ2v) is 2.71. The Labute approximate surface area is 78.6 Å². The van der Waals surface area contributed by atoms with Crippen LogP contribution in [-0.4, -0.2) is 22.2 Å². The molecule has 0 radical (unpaired) electrons. The molecule has 1 rings (SSSR count). The number of benzene rings is 1. The number of carbonyl (C=O) groups is 2. The van der Waals surface area contributed by atoms with E-state index >= 15 is 0 Å². The number of hydrogen-bond donors (Lipinski definition) is 2. The van der Waals surface area contributed by atoms with E-state index in [9.17, 15) is 14.0 Å². The molecule has 0 fully saturated rings. The van der Waals surface area contributed by atoms with Crippen LogP contribution in [-0.2, 0) is 0 Å². The summed E-state index contributed by atoms with van der Waals surface area (Å²) in [5, 5.41) is 17.1. The van der Waals surface area contributed by atoms with Crippen LogP contribution in [0.2, 0.25) is 0 Å². The van der Waals surface area contributed by atoms with Gasteiger partial charge in [0.15, 0.2) is 0 Å². The summed E-state index contributed by atoms with van der Waals surface area (Å²) in [5.41, 5.74) is -0.919. The van der Waals surface area contributed by atoms with Crippen molar-refractivity contribution in [1.82, 2.24) is 0 Å². The minimum atomic E-state index is -1.41. The van der Waals surface area contributed by atoms with E-state index < -0.39 is 23.3 Å². The summed E-state index contributed by atoms with van der Waals surface area (Å²) in [6, 6.07) is 2.01. The fourth-order valence-electron chi connectivity index (χ4n) is 1.08. The average molecular weight is 198 g/mol. The van der Waals surface area contributed by atoms with E-state index in [0.29, 0.717) is 0 Å². The molecule has 1 aromatic rings. The summed E-state index contributed by atoms with van der Waals surface area (Å²) in [6.07, 6.45) is 0. The Kier molecular flexibility index (Phi) is 2.51. The molecule has 0 spiro atoms. The molecule has 2 N–H and O–H groups in total. The third-order valence-electron chi connectivity index (χ3n) is 1.85. The number of rotatable bonds is 2. The third-order valence-corrected chi connectivity index (χ3v) is 1.85. The van der Waals surface area contributed by atoms with Gasteiger partial charge in [-0.25, -0.2) is 14.0 Å². The lowest BCUT2D eigenvalue weighted by Crippen LogP contribution is -2.07. The lowest BCUT2D eigenvalue weighted by atomic mass is 10.0. The molecule has 0 atom stereocenters. The van der Waals surface area contributed by atoms with Gasteiger partial charge in [0.05, 0.1) is 11.1 Å². The quantitative estimate of drug-likeness (QED) is 0.755. The molecule has 0 heterocycles. The van der Waals surface area contributed by atoms with Crippen molar-refractivity contribution in [3.63, 3.8) is 0 Å². The van der Waals surface area contributed by atoms with Crippen molar-refractivity contribution < 1.29 is 24.2 Å². The maximum Gasteiger partial charge on any atom is 0.338 e. The highest BCUT2D eigenvalue weighted by atomic mass is 19.1. The highest BCUT2D eigenvalue weighted by molar-refractivity contribution is 5.93. The first kappa shape index (κ1) is 10.2. The fourth-order valence-corrected chi connectivity index (χ4v) is 1.08. The predicted octanol–water partition coefficient (Wildman–Crippen LogP) is 1.53.